The van der Waals surface area contributed by atoms with Gasteiger partial charge in [0, 0.05) is 19.5 Å². The zero-order valence-corrected chi connectivity index (χ0v) is 21.8. The molecule has 0 saturated heterocycles. The number of hydrogen-bond donors (Lipinski definition) is 2. The van der Waals surface area contributed by atoms with Crippen LogP contribution in [0.4, 0.5) is 34.0 Å². The van der Waals surface area contributed by atoms with Gasteiger partial charge < -0.3 is 20.3 Å². The number of fused-ring (bicyclic) bond motifs is 1. The van der Waals surface area contributed by atoms with Gasteiger partial charge in [-0.1, -0.05) is 30.3 Å². The molecule has 0 spiro atoms. The van der Waals surface area contributed by atoms with Crippen LogP contribution in [0.3, 0.4) is 0 Å². The van der Waals surface area contributed by atoms with Gasteiger partial charge in [-0.15, -0.1) is 0 Å². The first kappa shape index (κ1) is 27.7. The first-order valence-electron chi connectivity index (χ1n) is 12.6. The van der Waals surface area contributed by atoms with Crippen LogP contribution in [0.5, 0.6) is 5.75 Å². The molecular formula is C29H25F4N5O3. The van der Waals surface area contributed by atoms with Crippen molar-refractivity contribution in [3.63, 3.8) is 0 Å². The molecule has 8 nitrogen and oxygen atoms in total. The zero-order valence-electron chi connectivity index (χ0n) is 21.8. The Morgan fingerprint density at radius 1 is 1.05 bits per heavy atom. The number of nitrogens with one attached hydrogen (secondary N) is 2. The molecule has 1 aliphatic rings. The van der Waals surface area contributed by atoms with E-state index < -0.39 is 34.8 Å². The van der Waals surface area contributed by atoms with E-state index in [0.29, 0.717) is 35.7 Å². The number of alkyl halides is 3. The highest BCUT2D eigenvalue weighted by molar-refractivity contribution is 5.90. The van der Waals surface area contributed by atoms with E-state index in [-0.39, 0.29) is 25.1 Å². The van der Waals surface area contributed by atoms with Gasteiger partial charge in [0.05, 0.1) is 41.9 Å². The van der Waals surface area contributed by atoms with Crippen molar-refractivity contribution in [2.24, 2.45) is 0 Å². The summed E-state index contributed by atoms with van der Waals surface area (Å²) < 4.78 is 60.4. The smallest absolute Gasteiger partial charge is 0.418 e. The zero-order chi connectivity index (χ0) is 29.1. The summed E-state index contributed by atoms with van der Waals surface area (Å²) in [6, 6.07) is 17.4. The Morgan fingerprint density at radius 3 is 2.46 bits per heavy atom. The maximum absolute atomic E-state index is 13.8. The number of rotatable bonds is 6. The van der Waals surface area contributed by atoms with Crippen molar-refractivity contribution in [2.75, 3.05) is 24.3 Å². The monoisotopic (exact) mass is 567 g/mol. The summed E-state index contributed by atoms with van der Waals surface area (Å²) >= 11 is 0. The van der Waals surface area contributed by atoms with Crippen LogP contribution in [0.25, 0.3) is 5.69 Å². The van der Waals surface area contributed by atoms with Crippen LogP contribution >= 0.6 is 0 Å². The lowest BCUT2D eigenvalue weighted by molar-refractivity contribution is -0.137. The van der Waals surface area contributed by atoms with Gasteiger partial charge in [-0.25, -0.2) is 18.7 Å². The van der Waals surface area contributed by atoms with Crippen LogP contribution < -0.4 is 20.9 Å². The fourth-order valence-electron chi connectivity index (χ4n) is 4.56. The first-order valence-corrected chi connectivity index (χ1v) is 12.6. The number of nitrogens with zero attached hydrogens (tertiary/aromatic N) is 3. The minimum Gasteiger partial charge on any atom is -0.497 e. The van der Waals surface area contributed by atoms with Gasteiger partial charge in [-0.3, -0.25) is 4.79 Å². The molecule has 0 fully saturated rings. The molecule has 212 valence electrons. The van der Waals surface area contributed by atoms with Crippen LogP contribution in [0.1, 0.15) is 22.4 Å². The third-order valence-electron chi connectivity index (χ3n) is 6.67. The topological polar surface area (TPSA) is 88.5 Å². The van der Waals surface area contributed by atoms with Gasteiger partial charge in [0.1, 0.15) is 11.6 Å². The van der Waals surface area contributed by atoms with E-state index >= 15 is 0 Å². The second-order valence-corrected chi connectivity index (χ2v) is 9.33. The van der Waals surface area contributed by atoms with E-state index in [0.717, 1.165) is 17.7 Å². The van der Waals surface area contributed by atoms with Gasteiger partial charge in [-0.05, 0) is 48.0 Å². The predicted molar refractivity (Wildman–Crippen MR) is 145 cm³/mol. The number of ether oxygens (including phenoxy) is 1. The van der Waals surface area contributed by atoms with Crippen molar-refractivity contribution >= 4 is 17.7 Å². The highest BCUT2D eigenvalue weighted by atomic mass is 19.4. The van der Waals surface area contributed by atoms with E-state index in [1.807, 2.05) is 30.3 Å². The summed E-state index contributed by atoms with van der Waals surface area (Å²) in [5.41, 5.74) is -0.0705. The number of methoxy groups -OCH3 is 1. The molecule has 1 aliphatic heterocycles. The Morgan fingerprint density at radius 2 is 1.78 bits per heavy atom. The Kier molecular flexibility index (Phi) is 7.64. The SMILES string of the molecule is COc1ccc(CNc2nc3c(c(=O)n2-c2ccccc2)CN(C(=O)Nc2ccc(F)cc2C(F)(F)F)CC3)cc1. The predicted octanol–water partition coefficient (Wildman–Crippen LogP) is 5.60. The molecule has 12 heteroatoms. The summed E-state index contributed by atoms with van der Waals surface area (Å²) in [6.45, 7) is 0.317. The summed E-state index contributed by atoms with van der Waals surface area (Å²) in [4.78, 5) is 32.7. The van der Waals surface area contributed by atoms with Crippen molar-refractivity contribution in [1.29, 1.82) is 0 Å². The largest absolute Gasteiger partial charge is 0.497 e. The van der Waals surface area contributed by atoms with Crippen LogP contribution in [-0.4, -0.2) is 34.1 Å². The second kappa shape index (κ2) is 11.3. The summed E-state index contributed by atoms with van der Waals surface area (Å²) in [7, 11) is 1.58. The van der Waals surface area contributed by atoms with Crippen molar-refractivity contribution in [3.05, 3.63) is 111 Å². The number of amides is 2. The molecule has 4 aromatic rings. The lowest BCUT2D eigenvalue weighted by Crippen LogP contribution is -2.43. The van der Waals surface area contributed by atoms with Crippen LogP contribution in [0.15, 0.2) is 77.6 Å². The molecule has 0 radical (unpaired) electrons. The van der Waals surface area contributed by atoms with Gasteiger partial charge >= 0.3 is 12.2 Å². The molecule has 41 heavy (non-hydrogen) atoms. The highest BCUT2D eigenvalue weighted by Gasteiger charge is 2.35. The van der Waals surface area contributed by atoms with Crippen molar-refractivity contribution < 1.29 is 27.1 Å². The molecule has 5 rings (SSSR count). The Bertz CT molecular complexity index is 1620. The molecule has 3 aromatic carbocycles. The van der Waals surface area contributed by atoms with E-state index in [2.05, 4.69) is 10.6 Å². The fourth-order valence-corrected chi connectivity index (χ4v) is 4.56. The minimum atomic E-state index is -4.87. The molecule has 0 bridgehead atoms. The molecule has 2 N–H and O–H groups in total. The maximum atomic E-state index is 13.8. The molecule has 1 aromatic heterocycles. The van der Waals surface area contributed by atoms with Crippen LogP contribution in [-0.2, 0) is 25.7 Å². The molecule has 0 saturated carbocycles. The molecule has 0 aliphatic carbocycles. The van der Waals surface area contributed by atoms with Crippen LogP contribution in [0, 0.1) is 5.82 Å². The summed E-state index contributed by atoms with van der Waals surface area (Å²) in [6.07, 6.45) is -4.66. The average molecular weight is 568 g/mol. The Balaban J connectivity index is 1.43. The van der Waals surface area contributed by atoms with Gasteiger partial charge in [0.25, 0.3) is 5.56 Å². The third kappa shape index (κ3) is 6.01. The second-order valence-electron chi connectivity index (χ2n) is 9.33. The lowest BCUT2D eigenvalue weighted by Gasteiger charge is -2.29. The number of aromatic nitrogens is 2. The van der Waals surface area contributed by atoms with Crippen molar-refractivity contribution in [2.45, 2.75) is 25.7 Å². The number of urea groups is 1. The molecule has 2 heterocycles. The maximum Gasteiger partial charge on any atom is 0.418 e. The number of carbonyl (C=O) groups excluding carboxylic acids is 1. The van der Waals surface area contributed by atoms with Crippen molar-refractivity contribution in [1.82, 2.24) is 14.5 Å². The van der Waals surface area contributed by atoms with Crippen molar-refractivity contribution in [3.8, 4) is 11.4 Å². The summed E-state index contributed by atoms with van der Waals surface area (Å²) in [5.74, 6) is -0.0505. The number of benzene rings is 3. The molecule has 0 unspecified atom stereocenters. The van der Waals surface area contributed by atoms with E-state index in [1.165, 1.54) is 9.47 Å². The minimum absolute atomic E-state index is 0.112. The first-order chi connectivity index (χ1) is 19.6. The van der Waals surface area contributed by atoms with Gasteiger partial charge in [0.2, 0.25) is 5.95 Å². The highest BCUT2D eigenvalue weighted by Crippen LogP contribution is 2.35. The Labute approximate surface area is 232 Å². The standard InChI is InChI=1S/C29H25F4N5O3/c1-41-21-10-7-18(8-11-21)16-34-27-35-24-13-14-37(17-22(24)26(39)38(27)20-5-3-2-4-6-20)28(40)36-25-12-9-19(30)15-23(25)29(31,32)33/h2-12,15H,13-14,16-17H2,1H3,(H,34,35)(H,36,40). The Hall–Kier alpha value is -4.87. The number of hydrogen-bond acceptors (Lipinski definition) is 5. The number of anilines is 2. The molecule has 0 atom stereocenters. The van der Waals surface area contributed by atoms with Gasteiger partial charge in [0.15, 0.2) is 0 Å². The average Bonchev–Trinajstić information content (AvgIpc) is 2.97. The lowest BCUT2D eigenvalue weighted by atomic mass is 10.1. The third-order valence-corrected chi connectivity index (χ3v) is 6.67. The number of para-hydroxylation sites is 1. The quantitative estimate of drug-likeness (QED) is 0.296. The number of carbonyl (C=O) groups is 1. The molecular weight excluding hydrogens is 542 g/mol. The van der Waals surface area contributed by atoms with E-state index in [4.69, 9.17) is 9.72 Å². The van der Waals surface area contributed by atoms with Crippen LogP contribution in [0.2, 0.25) is 0 Å². The van der Waals surface area contributed by atoms with E-state index in [1.54, 1.807) is 31.4 Å². The number of halogens is 4. The van der Waals surface area contributed by atoms with Gasteiger partial charge in [-0.2, -0.15) is 13.2 Å². The van der Waals surface area contributed by atoms with E-state index in [9.17, 15) is 27.2 Å². The fraction of sp³-hybridized carbons (Fsp3) is 0.207. The normalized spacial score (nSPS) is 13.0. The molecule has 2 amide bonds. The summed E-state index contributed by atoms with van der Waals surface area (Å²) in [5, 5.41) is 5.45.